The molecule has 3 aromatic carbocycles. The zero-order chi connectivity index (χ0) is 21.2. The Balaban J connectivity index is 2.08. The van der Waals surface area contributed by atoms with Gasteiger partial charge in [-0.15, -0.1) is 0 Å². The highest BCUT2D eigenvalue weighted by atomic mass is 35.5. The number of methoxy groups -OCH3 is 1. The first-order valence-electron chi connectivity index (χ1n) is 8.25. The van der Waals surface area contributed by atoms with Gasteiger partial charge in [-0.05, 0) is 35.4 Å². The number of hydrogen-bond donors (Lipinski definition) is 3. The number of phenols is 1. The molecule has 29 heavy (non-hydrogen) atoms. The monoisotopic (exact) mass is 433 g/mol. The van der Waals surface area contributed by atoms with Crippen LogP contribution in [0.2, 0.25) is 5.02 Å². The van der Waals surface area contributed by atoms with Crippen molar-refractivity contribution in [3.63, 3.8) is 0 Å². The van der Waals surface area contributed by atoms with Crippen LogP contribution in [0.5, 0.6) is 11.5 Å². The zero-order valence-electron chi connectivity index (χ0n) is 15.1. The van der Waals surface area contributed by atoms with E-state index in [1.54, 1.807) is 18.2 Å². The lowest BCUT2D eigenvalue weighted by Crippen LogP contribution is -2.15. The second kappa shape index (κ2) is 8.02. The number of aromatic hydroxyl groups is 1. The minimum absolute atomic E-state index is 0.116. The van der Waals surface area contributed by atoms with Crippen molar-refractivity contribution in [2.75, 3.05) is 11.8 Å². The van der Waals surface area contributed by atoms with E-state index in [-0.39, 0.29) is 17.0 Å². The third kappa shape index (κ3) is 4.28. The highest BCUT2D eigenvalue weighted by Crippen LogP contribution is 2.36. The second-order valence-corrected chi connectivity index (χ2v) is 8.05. The molecule has 0 saturated heterocycles. The third-order valence-corrected chi connectivity index (χ3v) is 5.78. The highest BCUT2D eigenvalue weighted by Gasteiger charge is 2.25. The number of ether oxygens (including phenoxy) is 1. The summed E-state index contributed by atoms with van der Waals surface area (Å²) in [5.41, 5.74) is 1.32. The van der Waals surface area contributed by atoms with E-state index in [0.29, 0.717) is 0 Å². The van der Waals surface area contributed by atoms with Crippen LogP contribution in [0.1, 0.15) is 10.4 Å². The Morgan fingerprint density at radius 2 is 1.72 bits per heavy atom. The molecule has 0 bridgehead atoms. The van der Waals surface area contributed by atoms with Crippen molar-refractivity contribution in [2.45, 2.75) is 4.90 Å². The molecule has 0 amide bonds. The Bertz CT molecular complexity index is 1180. The number of rotatable bonds is 6. The van der Waals surface area contributed by atoms with Crippen LogP contribution in [-0.2, 0) is 10.0 Å². The number of phenolic OH excluding ortho intramolecular Hbond substituents is 1. The molecule has 0 spiro atoms. The van der Waals surface area contributed by atoms with Gasteiger partial charge in [-0.25, -0.2) is 13.2 Å². The molecule has 0 fully saturated rings. The number of carboxylic acids is 1. The van der Waals surface area contributed by atoms with Crippen LogP contribution in [-0.4, -0.2) is 31.7 Å². The summed E-state index contributed by atoms with van der Waals surface area (Å²) < 4.78 is 33.3. The summed E-state index contributed by atoms with van der Waals surface area (Å²) in [6.07, 6.45) is 0. The number of hydrogen-bond acceptors (Lipinski definition) is 5. The van der Waals surface area contributed by atoms with Gasteiger partial charge in [-0.3, -0.25) is 4.72 Å². The number of carboxylic acid groups (broad SMARTS) is 1. The fourth-order valence-corrected chi connectivity index (χ4v) is 4.18. The number of benzene rings is 3. The van der Waals surface area contributed by atoms with E-state index in [1.807, 2.05) is 30.3 Å². The Morgan fingerprint density at radius 1 is 1.03 bits per heavy atom. The van der Waals surface area contributed by atoms with Gasteiger partial charge in [0.15, 0.2) is 5.75 Å². The van der Waals surface area contributed by atoms with Gasteiger partial charge in [0.1, 0.15) is 10.6 Å². The lowest BCUT2D eigenvalue weighted by atomic mass is 10.1. The van der Waals surface area contributed by atoms with Gasteiger partial charge in [-0.1, -0.05) is 48.0 Å². The van der Waals surface area contributed by atoms with E-state index in [0.717, 1.165) is 23.3 Å². The smallest absolute Gasteiger partial charge is 0.335 e. The van der Waals surface area contributed by atoms with Crippen LogP contribution in [0.25, 0.3) is 11.1 Å². The maximum absolute atomic E-state index is 12.9. The Labute approximate surface area is 172 Å². The third-order valence-electron chi connectivity index (χ3n) is 4.12. The van der Waals surface area contributed by atoms with Gasteiger partial charge < -0.3 is 14.9 Å². The average Bonchev–Trinajstić information content (AvgIpc) is 2.70. The van der Waals surface area contributed by atoms with Gasteiger partial charge >= 0.3 is 5.97 Å². The summed E-state index contributed by atoms with van der Waals surface area (Å²) in [7, 11) is -3.00. The van der Waals surface area contributed by atoms with Crippen molar-refractivity contribution < 1.29 is 28.2 Å². The molecule has 0 radical (unpaired) electrons. The van der Waals surface area contributed by atoms with Crippen molar-refractivity contribution in [2.24, 2.45) is 0 Å². The van der Waals surface area contributed by atoms with Gasteiger partial charge in [0, 0.05) is 0 Å². The Morgan fingerprint density at radius 3 is 2.34 bits per heavy atom. The average molecular weight is 434 g/mol. The minimum Gasteiger partial charge on any atom is -0.505 e. The summed E-state index contributed by atoms with van der Waals surface area (Å²) in [6.45, 7) is 0. The van der Waals surface area contributed by atoms with E-state index >= 15 is 0 Å². The topological polar surface area (TPSA) is 113 Å². The quantitative estimate of drug-likeness (QED) is 0.536. The summed E-state index contributed by atoms with van der Waals surface area (Å²) in [6, 6.07) is 16.0. The van der Waals surface area contributed by atoms with Gasteiger partial charge in [-0.2, -0.15) is 0 Å². The molecule has 0 saturated carbocycles. The molecule has 0 aliphatic heterocycles. The maximum atomic E-state index is 12.9. The van der Waals surface area contributed by atoms with Gasteiger partial charge in [0.2, 0.25) is 0 Å². The molecule has 0 aliphatic rings. The summed E-state index contributed by atoms with van der Waals surface area (Å²) >= 11 is 5.81. The van der Waals surface area contributed by atoms with Crippen LogP contribution < -0.4 is 9.46 Å². The SMILES string of the molecule is COc1ccc(-c2ccccc2)cc1NS(=O)(=O)c1cc(C(=O)O)cc(Cl)c1O. The van der Waals surface area contributed by atoms with E-state index in [2.05, 4.69) is 4.72 Å². The number of aromatic carboxylic acids is 1. The molecule has 0 atom stereocenters. The molecule has 0 aliphatic carbocycles. The molecule has 3 aromatic rings. The molecular formula is C20H16ClNO6S. The molecule has 9 heteroatoms. The molecule has 0 heterocycles. The van der Waals surface area contributed by atoms with Crippen LogP contribution in [0, 0.1) is 0 Å². The van der Waals surface area contributed by atoms with Crippen LogP contribution in [0.15, 0.2) is 65.6 Å². The largest absolute Gasteiger partial charge is 0.505 e. The van der Waals surface area contributed by atoms with Crippen molar-refractivity contribution in [1.82, 2.24) is 0 Å². The molecule has 3 N–H and O–H groups in total. The fourth-order valence-electron chi connectivity index (χ4n) is 2.70. The lowest BCUT2D eigenvalue weighted by molar-refractivity contribution is 0.0696. The van der Waals surface area contributed by atoms with E-state index < -0.39 is 31.7 Å². The van der Waals surface area contributed by atoms with Crippen molar-refractivity contribution in [1.29, 1.82) is 0 Å². The molecule has 7 nitrogen and oxygen atoms in total. The zero-order valence-corrected chi connectivity index (χ0v) is 16.7. The van der Waals surface area contributed by atoms with E-state index in [9.17, 15) is 18.3 Å². The van der Waals surface area contributed by atoms with Crippen molar-refractivity contribution in [3.05, 3.63) is 71.2 Å². The van der Waals surface area contributed by atoms with Crippen molar-refractivity contribution in [3.8, 4) is 22.6 Å². The number of anilines is 1. The Hall–Kier alpha value is -3.23. The molecule has 150 valence electrons. The van der Waals surface area contributed by atoms with E-state index in [4.69, 9.17) is 21.4 Å². The fraction of sp³-hybridized carbons (Fsp3) is 0.0500. The van der Waals surface area contributed by atoms with Crippen LogP contribution in [0.4, 0.5) is 5.69 Å². The van der Waals surface area contributed by atoms with E-state index in [1.165, 1.54) is 7.11 Å². The predicted molar refractivity (Wildman–Crippen MR) is 109 cm³/mol. The number of halogens is 1. The number of carbonyl (C=O) groups is 1. The first-order chi connectivity index (χ1) is 13.7. The van der Waals surface area contributed by atoms with Crippen molar-refractivity contribution >= 4 is 33.3 Å². The predicted octanol–water partition coefficient (Wildman–Crippen LogP) is 4.22. The maximum Gasteiger partial charge on any atom is 0.335 e. The second-order valence-electron chi connectivity index (χ2n) is 6.00. The van der Waals surface area contributed by atoms with Gasteiger partial charge in [0.25, 0.3) is 10.0 Å². The molecule has 3 rings (SSSR count). The standard InChI is InChI=1S/C20H16ClNO6S/c1-28-17-8-7-13(12-5-3-2-4-6-12)10-16(17)22-29(26,27)18-11-14(20(24)25)9-15(21)19(18)23/h2-11,22-23H,1H3,(H,24,25). The summed E-state index contributed by atoms with van der Waals surface area (Å²) in [5, 5.41) is 18.9. The minimum atomic E-state index is -4.38. The highest BCUT2D eigenvalue weighted by molar-refractivity contribution is 7.92. The Kier molecular flexibility index (Phi) is 5.67. The molecular weight excluding hydrogens is 418 g/mol. The summed E-state index contributed by atoms with van der Waals surface area (Å²) in [4.78, 5) is 10.6. The van der Waals surface area contributed by atoms with Crippen LogP contribution >= 0.6 is 11.6 Å². The number of sulfonamides is 1. The van der Waals surface area contributed by atoms with Crippen LogP contribution in [0.3, 0.4) is 0 Å². The number of nitrogens with one attached hydrogen (secondary N) is 1. The molecule has 0 aromatic heterocycles. The summed E-state index contributed by atoms with van der Waals surface area (Å²) in [5.74, 6) is -1.89. The lowest BCUT2D eigenvalue weighted by Gasteiger charge is -2.15. The normalized spacial score (nSPS) is 11.1. The molecule has 0 unspecified atom stereocenters. The first-order valence-corrected chi connectivity index (χ1v) is 10.1. The first kappa shape index (κ1) is 20.5. The van der Waals surface area contributed by atoms with Gasteiger partial charge in [0.05, 0.1) is 23.4 Å².